The molecule has 1 unspecified atom stereocenters. The lowest BCUT2D eigenvalue weighted by atomic mass is 10.8. The lowest BCUT2D eigenvalue weighted by Crippen LogP contribution is -2.00. The summed E-state index contributed by atoms with van der Waals surface area (Å²) in [5.41, 5.74) is 0. The van der Waals surface area contributed by atoms with E-state index in [1.165, 1.54) is 0 Å². The molecule has 0 aliphatic heterocycles. The van der Waals surface area contributed by atoms with Crippen LogP contribution in [0.3, 0.4) is 0 Å². The molecule has 0 aromatic carbocycles. The summed E-state index contributed by atoms with van der Waals surface area (Å²) in [5, 5.41) is 1.09. The van der Waals surface area contributed by atoms with Crippen molar-refractivity contribution < 1.29 is 4.74 Å². The molecule has 0 N–H and O–H groups in total. The molecule has 0 aliphatic carbocycles. The highest BCUT2D eigenvalue weighted by Gasteiger charge is 1.89. The van der Waals surface area contributed by atoms with E-state index in [9.17, 15) is 0 Å². The predicted molar refractivity (Wildman–Crippen MR) is 38.1 cm³/mol. The van der Waals surface area contributed by atoms with Crippen molar-refractivity contribution in [3.8, 4) is 0 Å². The number of rotatable bonds is 3. The lowest BCUT2D eigenvalue weighted by molar-refractivity contribution is 0.145. The minimum absolute atomic E-state index is 0.185. The molecule has 0 aromatic rings. The number of hydrogen-bond donors (Lipinski definition) is 0. The van der Waals surface area contributed by atoms with Crippen molar-refractivity contribution in [2.75, 3.05) is 11.9 Å². The van der Waals surface area contributed by atoms with Crippen LogP contribution in [0.1, 0.15) is 6.92 Å². The second-order valence-electron chi connectivity index (χ2n) is 1.10. The standard InChI is InChI=1S/C4H8Br2O/c1-4(6)7-3-2-5/h4H,2-3H2,1H3. The van der Waals surface area contributed by atoms with Gasteiger partial charge in [0.2, 0.25) is 0 Å². The van der Waals surface area contributed by atoms with E-state index in [0.717, 1.165) is 11.9 Å². The van der Waals surface area contributed by atoms with Crippen LogP contribution in [0.25, 0.3) is 0 Å². The Bertz CT molecular complexity index is 38.7. The van der Waals surface area contributed by atoms with Gasteiger partial charge in [-0.1, -0.05) is 31.9 Å². The van der Waals surface area contributed by atoms with Gasteiger partial charge in [-0.05, 0) is 6.92 Å². The van der Waals surface area contributed by atoms with Gasteiger partial charge in [-0.2, -0.15) is 0 Å². The Morgan fingerprint density at radius 2 is 2.29 bits per heavy atom. The normalized spacial score (nSPS) is 14.1. The Hall–Kier alpha value is 0.920. The van der Waals surface area contributed by atoms with Gasteiger partial charge in [0.15, 0.2) is 0 Å². The number of alkyl halides is 2. The first-order valence-electron chi connectivity index (χ1n) is 2.09. The minimum Gasteiger partial charge on any atom is -0.366 e. The second kappa shape index (κ2) is 5.06. The lowest BCUT2D eigenvalue weighted by Gasteiger charge is -2.00. The van der Waals surface area contributed by atoms with Crippen LogP contribution in [0.5, 0.6) is 0 Å². The summed E-state index contributed by atoms with van der Waals surface area (Å²) in [7, 11) is 0. The van der Waals surface area contributed by atoms with Crippen molar-refractivity contribution in [3.05, 3.63) is 0 Å². The molecular weight excluding hydrogens is 224 g/mol. The summed E-state index contributed by atoms with van der Waals surface area (Å²) in [6.45, 7) is 2.72. The van der Waals surface area contributed by atoms with Crippen LogP contribution in [0.2, 0.25) is 0 Å². The average Bonchev–Trinajstić information content (AvgIpc) is 1.61. The molecule has 0 aliphatic rings. The van der Waals surface area contributed by atoms with Crippen LogP contribution >= 0.6 is 31.9 Å². The molecule has 0 spiro atoms. The number of hydrogen-bond acceptors (Lipinski definition) is 1. The Kier molecular flexibility index (Phi) is 5.73. The van der Waals surface area contributed by atoms with E-state index in [2.05, 4.69) is 31.9 Å². The summed E-state index contributed by atoms with van der Waals surface area (Å²) in [4.78, 5) is 0. The monoisotopic (exact) mass is 230 g/mol. The van der Waals surface area contributed by atoms with Crippen LogP contribution in [-0.4, -0.2) is 17.0 Å². The summed E-state index contributed by atoms with van der Waals surface area (Å²) in [6, 6.07) is 0. The maximum absolute atomic E-state index is 5.06. The first kappa shape index (κ1) is 7.92. The zero-order valence-corrected chi connectivity index (χ0v) is 7.33. The fourth-order valence-corrected chi connectivity index (χ4v) is 0.581. The highest BCUT2D eigenvalue weighted by Crippen LogP contribution is 1.98. The first-order valence-corrected chi connectivity index (χ1v) is 4.12. The Labute approximate surface area is 60.7 Å². The van der Waals surface area contributed by atoms with Crippen molar-refractivity contribution >= 4 is 31.9 Å². The topological polar surface area (TPSA) is 9.23 Å². The third-order valence-corrected chi connectivity index (χ3v) is 1.01. The van der Waals surface area contributed by atoms with Crippen LogP contribution in [0.4, 0.5) is 0 Å². The minimum atomic E-state index is 0.185. The van der Waals surface area contributed by atoms with Crippen LogP contribution in [0, 0.1) is 0 Å². The maximum Gasteiger partial charge on any atom is 0.109 e. The average molecular weight is 232 g/mol. The highest BCUT2D eigenvalue weighted by molar-refractivity contribution is 9.09. The molecule has 1 nitrogen and oxygen atoms in total. The first-order chi connectivity index (χ1) is 3.27. The molecule has 0 saturated carbocycles. The van der Waals surface area contributed by atoms with E-state index in [-0.39, 0.29) is 5.01 Å². The maximum atomic E-state index is 5.06. The van der Waals surface area contributed by atoms with E-state index >= 15 is 0 Å². The third kappa shape index (κ3) is 6.92. The molecule has 0 aromatic heterocycles. The van der Waals surface area contributed by atoms with Crippen LogP contribution in [-0.2, 0) is 4.74 Å². The zero-order valence-electron chi connectivity index (χ0n) is 4.16. The quantitative estimate of drug-likeness (QED) is 0.677. The Morgan fingerprint density at radius 3 is 2.43 bits per heavy atom. The van der Waals surface area contributed by atoms with Gasteiger partial charge < -0.3 is 4.74 Å². The molecule has 0 radical (unpaired) electrons. The molecule has 7 heavy (non-hydrogen) atoms. The summed E-state index contributed by atoms with van der Waals surface area (Å²) < 4.78 is 5.06. The Morgan fingerprint density at radius 1 is 1.71 bits per heavy atom. The van der Waals surface area contributed by atoms with Gasteiger partial charge in [-0.25, -0.2) is 0 Å². The molecular formula is C4H8Br2O. The molecule has 3 heteroatoms. The summed E-state index contributed by atoms with van der Waals surface area (Å²) >= 11 is 6.46. The molecule has 0 fully saturated rings. The molecule has 0 saturated heterocycles. The summed E-state index contributed by atoms with van der Waals surface area (Å²) in [5.74, 6) is 0. The van der Waals surface area contributed by atoms with Crippen LogP contribution in [0.15, 0.2) is 0 Å². The van der Waals surface area contributed by atoms with Crippen LogP contribution < -0.4 is 0 Å². The van der Waals surface area contributed by atoms with Gasteiger partial charge in [0, 0.05) is 5.33 Å². The van der Waals surface area contributed by atoms with E-state index in [1.54, 1.807) is 0 Å². The third-order valence-electron chi connectivity index (χ3n) is 0.425. The smallest absolute Gasteiger partial charge is 0.109 e. The fourth-order valence-electron chi connectivity index (χ4n) is 0.207. The number of halogens is 2. The van der Waals surface area contributed by atoms with Crippen molar-refractivity contribution in [2.24, 2.45) is 0 Å². The molecule has 44 valence electrons. The molecule has 1 atom stereocenters. The van der Waals surface area contributed by atoms with E-state index < -0.39 is 0 Å². The molecule has 0 heterocycles. The predicted octanol–water partition coefficient (Wildman–Crippen LogP) is 2.14. The van der Waals surface area contributed by atoms with Gasteiger partial charge in [0.05, 0.1) is 6.61 Å². The summed E-state index contributed by atoms with van der Waals surface area (Å²) in [6.07, 6.45) is 0. The number of ether oxygens (including phenoxy) is 1. The van der Waals surface area contributed by atoms with Gasteiger partial charge >= 0.3 is 0 Å². The molecule has 0 rings (SSSR count). The van der Waals surface area contributed by atoms with E-state index in [1.807, 2.05) is 6.92 Å². The van der Waals surface area contributed by atoms with E-state index in [0.29, 0.717) is 0 Å². The largest absolute Gasteiger partial charge is 0.366 e. The zero-order chi connectivity index (χ0) is 5.70. The van der Waals surface area contributed by atoms with Gasteiger partial charge in [-0.3, -0.25) is 0 Å². The van der Waals surface area contributed by atoms with Gasteiger partial charge in [0.25, 0.3) is 0 Å². The second-order valence-corrected chi connectivity index (χ2v) is 3.19. The van der Waals surface area contributed by atoms with Crippen molar-refractivity contribution in [1.29, 1.82) is 0 Å². The highest BCUT2D eigenvalue weighted by atomic mass is 79.9. The fraction of sp³-hybridized carbons (Fsp3) is 1.00. The Balaban J connectivity index is 2.68. The van der Waals surface area contributed by atoms with Crippen molar-refractivity contribution in [3.63, 3.8) is 0 Å². The van der Waals surface area contributed by atoms with Gasteiger partial charge in [0.1, 0.15) is 5.01 Å². The SMILES string of the molecule is CC(Br)OCCBr. The van der Waals surface area contributed by atoms with Crippen molar-refractivity contribution in [2.45, 2.75) is 11.9 Å². The van der Waals surface area contributed by atoms with E-state index in [4.69, 9.17) is 4.74 Å². The van der Waals surface area contributed by atoms with Crippen molar-refractivity contribution in [1.82, 2.24) is 0 Å². The molecule has 0 amide bonds. The molecule has 0 bridgehead atoms. The van der Waals surface area contributed by atoms with Gasteiger partial charge in [-0.15, -0.1) is 0 Å².